The molecular weight excluding hydrogens is 210 g/mol. The number of nitrogens with zero attached hydrogens (tertiary/aromatic N) is 2. The molecule has 0 aromatic rings. The Balaban J connectivity index is 2.35. The molecule has 2 N–H and O–H groups in total. The highest BCUT2D eigenvalue weighted by Gasteiger charge is 2.28. The third-order valence-electron chi connectivity index (χ3n) is 2.53. The minimum atomic E-state index is -0.314. The summed E-state index contributed by atoms with van der Waals surface area (Å²) in [4.78, 5) is 25.8. The van der Waals surface area contributed by atoms with E-state index in [1.54, 1.807) is 0 Å². The van der Waals surface area contributed by atoms with Crippen LogP contribution in [0.4, 0.5) is 4.79 Å². The fraction of sp³-hybridized carbons (Fsp3) is 0.800. The van der Waals surface area contributed by atoms with Crippen LogP contribution in [-0.4, -0.2) is 66.2 Å². The maximum atomic E-state index is 11.3. The van der Waals surface area contributed by atoms with Crippen LogP contribution in [0.3, 0.4) is 0 Å². The quantitative estimate of drug-likeness (QED) is 0.563. The van der Waals surface area contributed by atoms with Crippen molar-refractivity contribution in [3.05, 3.63) is 0 Å². The minimum Gasteiger partial charge on any atom is -0.395 e. The number of amides is 3. The third kappa shape index (κ3) is 3.46. The summed E-state index contributed by atoms with van der Waals surface area (Å²) in [5.74, 6) is -0.176. The zero-order valence-corrected chi connectivity index (χ0v) is 9.61. The summed E-state index contributed by atoms with van der Waals surface area (Å²) >= 11 is 0. The summed E-state index contributed by atoms with van der Waals surface area (Å²) in [6, 6.07) is -0.314. The Kier molecular flexibility index (Phi) is 5.21. The maximum Gasteiger partial charge on any atom is 0.324 e. The van der Waals surface area contributed by atoms with E-state index in [1.165, 1.54) is 4.90 Å². The van der Waals surface area contributed by atoms with Crippen LogP contribution < -0.4 is 5.32 Å². The lowest BCUT2D eigenvalue weighted by atomic mass is 10.4. The van der Waals surface area contributed by atoms with Crippen LogP contribution >= 0.6 is 0 Å². The molecule has 0 aliphatic carbocycles. The Morgan fingerprint density at radius 1 is 1.38 bits per heavy atom. The first-order valence-corrected chi connectivity index (χ1v) is 5.60. The van der Waals surface area contributed by atoms with E-state index in [4.69, 9.17) is 5.11 Å². The van der Waals surface area contributed by atoms with Gasteiger partial charge < -0.3 is 10.4 Å². The number of imide groups is 1. The molecule has 92 valence electrons. The van der Waals surface area contributed by atoms with Gasteiger partial charge in [-0.3, -0.25) is 14.6 Å². The largest absolute Gasteiger partial charge is 0.395 e. The Bertz CT molecular complexity index is 236. The van der Waals surface area contributed by atoms with Crippen LogP contribution in [0.5, 0.6) is 0 Å². The van der Waals surface area contributed by atoms with Gasteiger partial charge >= 0.3 is 6.03 Å². The smallest absolute Gasteiger partial charge is 0.324 e. The van der Waals surface area contributed by atoms with Gasteiger partial charge in [0.15, 0.2) is 0 Å². The fourth-order valence-corrected chi connectivity index (χ4v) is 1.72. The highest BCUT2D eigenvalue weighted by Crippen LogP contribution is 2.00. The summed E-state index contributed by atoms with van der Waals surface area (Å²) in [6.07, 6.45) is 0.986. The van der Waals surface area contributed by atoms with Crippen molar-refractivity contribution >= 4 is 11.9 Å². The number of carbonyl (C=O) groups is 2. The molecule has 0 radical (unpaired) electrons. The highest BCUT2D eigenvalue weighted by atomic mass is 16.3. The van der Waals surface area contributed by atoms with Gasteiger partial charge in [-0.25, -0.2) is 4.79 Å². The summed E-state index contributed by atoms with van der Waals surface area (Å²) in [5, 5.41) is 11.3. The van der Waals surface area contributed by atoms with Crippen LogP contribution in [0, 0.1) is 0 Å². The van der Waals surface area contributed by atoms with E-state index in [2.05, 4.69) is 12.2 Å². The minimum absolute atomic E-state index is 0.0974. The van der Waals surface area contributed by atoms with Crippen LogP contribution in [0.2, 0.25) is 0 Å². The average molecular weight is 229 g/mol. The molecule has 1 saturated heterocycles. The highest BCUT2D eigenvalue weighted by molar-refractivity contribution is 6.01. The molecule has 0 aromatic carbocycles. The van der Waals surface area contributed by atoms with E-state index in [-0.39, 0.29) is 25.1 Å². The number of carbonyl (C=O) groups excluding carboxylic acids is 2. The molecule has 1 heterocycles. The van der Waals surface area contributed by atoms with Crippen molar-refractivity contribution < 1.29 is 14.7 Å². The van der Waals surface area contributed by atoms with E-state index in [0.717, 1.165) is 13.0 Å². The van der Waals surface area contributed by atoms with Crippen LogP contribution in [0.15, 0.2) is 0 Å². The van der Waals surface area contributed by atoms with Gasteiger partial charge in [0.25, 0.3) is 0 Å². The van der Waals surface area contributed by atoms with Crippen molar-refractivity contribution in [1.82, 2.24) is 15.1 Å². The summed E-state index contributed by atoms with van der Waals surface area (Å²) < 4.78 is 0. The van der Waals surface area contributed by atoms with Gasteiger partial charge in [-0.1, -0.05) is 6.92 Å². The predicted molar refractivity (Wildman–Crippen MR) is 58.9 cm³/mol. The third-order valence-corrected chi connectivity index (χ3v) is 2.53. The molecule has 6 heteroatoms. The number of nitrogens with one attached hydrogen (secondary N) is 1. The molecule has 0 spiro atoms. The van der Waals surface area contributed by atoms with Crippen molar-refractivity contribution in [2.75, 3.05) is 39.3 Å². The van der Waals surface area contributed by atoms with Gasteiger partial charge in [0.2, 0.25) is 5.91 Å². The van der Waals surface area contributed by atoms with Gasteiger partial charge in [-0.15, -0.1) is 0 Å². The van der Waals surface area contributed by atoms with Crippen molar-refractivity contribution in [2.45, 2.75) is 13.3 Å². The summed E-state index contributed by atoms with van der Waals surface area (Å²) in [5.41, 5.74) is 0. The number of rotatable bonds is 7. The zero-order valence-electron chi connectivity index (χ0n) is 9.61. The fourth-order valence-electron chi connectivity index (χ4n) is 1.72. The second-order valence-corrected chi connectivity index (χ2v) is 3.77. The molecule has 0 atom stereocenters. The van der Waals surface area contributed by atoms with E-state index >= 15 is 0 Å². The second-order valence-electron chi connectivity index (χ2n) is 3.77. The molecular formula is C10H19N3O3. The first kappa shape index (κ1) is 12.9. The normalized spacial score (nSPS) is 16.1. The lowest BCUT2D eigenvalue weighted by Gasteiger charge is -2.22. The van der Waals surface area contributed by atoms with Crippen LogP contribution in [0.25, 0.3) is 0 Å². The lowest BCUT2D eigenvalue weighted by Crippen LogP contribution is -2.40. The number of aliphatic hydroxyl groups is 1. The molecule has 0 saturated carbocycles. The van der Waals surface area contributed by atoms with E-state index in [9.17, 15) is 9.59 Å². The van der Waals surface area contributed by atoms with Crippen molar-refractivity contribution in [2.24, 2.45) is 0 Å². The molecule has 0 unspecified atom stereocenters. The van der Waals surface area contributed by atoms with Crippen molar-refractivity contribution in [3.63, 3.8) is 0 Å². The number of hydrogen-bond donors (Lipinski definition) is 2. The Morgan fingerprint density at radius 2 is 2.12 bits per heavy atom. The Morgan fingerprint density at radius 3 is 2.62 bits per heavy atom. The molecule has 16 heavy (non-hydrogen) atoms. The Hall–Kier alpha value is -1.14. The SMILES string of the molecule is CCCN(CCO)CCN1C(=O)CNC1=O. The van der Waals surface area contributed by atoms with Crippen LogP contribution in [0.1, 0.15) is 13.3 Å². The first-order chi connectivity index (χ1) is 7.69. The summed E-state index contributed by atoms with van der Waals surface area (Å²) in [6.45, 7) is 4.71. The average Bonchev–Trinajstić information content (AvgIpc) is 2.56. The maximum absolute atomic E-state index is 11.3. The monoisotopic (exact) mass is 229 g/mol. The molecule has 1 rings (SSSR count). The topological polar surface area (TPSA) is 72.9 Å². The van der Waals surface area contributed by atoms with Gasteiger partial charge in [-0.2, -0.15) is 0 Å². The second kappa shape index (κ2) is 6.44. The number of hydrogen-bond acceptors (Lipinski definition) is 4. The van der Waals surface area contributed by atoms with Gasteiger partial charge in [0, 0.05) is 19.6 Å². The van der Waals surface area contributed by atoms with Gasteiger partial charge in [-0.05, 0) is 13.0 Å². The van der Waals surface area contributed by atoms with Crippen molar-refractivity contribution in [3.8, 4) is 0 Å². The zero-order chi connectivity index (χ0) is 12.0. The predicted octanol–water partition coefficient (Wildman–Crippen LogP) is -0.757. The number of urea groups is 1. The van der Waals surface area contributed by atoms with Gasteiger partial charge in [0.05, 0.1) is 13.2 Å². The lowest BCUT2D eigenvalue weighted by molar-refractivity contribution is -0.125. The van der Waals surface area contributed by atoms with Crippen LogP contribution in [-0.2, 0) is 4.79 Å². The van der Waals surface area contributed by atoms with Crippen molar-refractivity contribution in [1.29, 1.82) is 0 Å². The molecule has 6 nitrogen and oxygen atoms in total. The molecule has 1 aliphatic heterocycles. The van der Waals surface area contributed by atoms with Gasteiger partial charge in [0.1, 0.15) is 0 Å². The summed E-state index contributed by atoms with van der Waals surface area (Å²) in [7, 11) is 0. The van der Waals surface area contributed by atoms with E-state index < -0.39 is 0 Å². The Labute approximate surface area is 95.2 Å². The molecule has 3 amide bonds. The van der Waals surface area contributed by atoms with E-state index in [1.807, 2.05) is 4.90 Å². The standard InChI is InChI=1S/C10H19N3O3/c1-2-3-12(6-7-14)4-5-13-9(15)8-11-10(13)16/h14H,2-8H2,1H3,(H,11,16). The number of aliphatic hydroxyl groups excluding tert-OH is 1. The van der Waals surface area contributed by atoms with E-state index in [0.29, 0.717) is 19.6 Å². The molecule has 0 bridgehead atoms. The molecule has 0 aromatic heterocycles. The first-order valence-electron chi connectivity index (χ1n) is 5.60. The molecule has 1 fully saturated rings. The molecule has 1 aliphatic rings.